The Hall–Kier alpha value is -3.27. The summed E-state index contributed by atoms with van der Waals surface area (Å²) in [5, 5.41) is 9.12. The number of nitrogens with zero attached hydrogens (tertiary/aromatic N) is 2. The number of carbonyl (C=O) groups is 1. The van der Waals surface area contributed by atoms with Crippen LogP contribution in [0.3, 0.4) is 0 Å². The molecule has 7 nitrogen and oxygen atoms in total. The van der Waals surface area contributed by atoms with E-state index in [1.807, 2.05) is 13.0 Å². The molecular formula is C28H29F3N2O5. The Balaban J connectivity index is 1.24. The van der Waals surface area contributed by atoms with Gasteiger partial charge in [-0.05, 0) is 48.1 Å². The molecule has 3 heterocycles. The Bertz CT molecular complexity index is 1290. The quantitative estimate of drug-likeness (QED) is 0.559. The zero-order valence-electron chi connectivity index (χ0n) is 21.0. The van der Waals surface area contributed by atoms with E-state index >= 15 is 0 Å². The van der Waals surface area contributed by atoms with Gasteiger partial charge in [0.1, 0.15) is 29.7 Å². The summed E-state index contributed by atoms with van der Waals surface area (Å²) in [6.07, 6.45) is -3.00. The van der Waals surface area contributed by atoms with Crippen molar-refractivity contribution in [1.29, 1.82) is 0 Å². The molecule has 0 aromatic heterocycles. The smallest absolute Gasteiger partial charge is 0.416 e. The fraction of sp³-hybridized carbons (Fsp3) is 0.500. The fourth-order valence-corrected chi connectivity index (χ4v) is 6.27. The van der Waals surface area contributed by atoms with Gasteiger partial charge in [0.05, 0.1) is 18.6 Å². The van der Waals surface area contributed by atoms with Crippen molar-refractivity contribution in [3.05, 3.63) is 58.1 Å². The summed E-state index contributed by atoms with van der Waals surface area (Å²) in [7, 11) is 0. The summed E-state index contributed by atoms with van der Waals surface area (Å²) in [6, 6.07) is 8.05. The van der Waals surface area contributed by atoms with Crippen LogP contribution in [0.25, 0.3) is 0 Å². The van der Waals surface area contributed by atoms with Crippen LogP contribution in [0.5, 0.6) is 11.5 Å². The molecule has 1 saturated heterocycles. The number of halogens is 3. The van der Waals surface area contributed by atoms with Crippen LogP contribution in [0.4, 0.5) is 13.2 Å². The van der Waals surface area contributed by atoms with Gasteiger partial charge in [0.2, 0.25) is 0 Å². The first-order valence-corrected chi connectivity index (χ1v) is 13.0. The van der Waals surface area contributed by atoms with Gasteiger partial charge in [0, 0.05) is 44.1 Å². The first-order chi connectivity index (χ1) is 18.2. The van der Waals surface area contributed by atoms with Gasteiger partial charge in [0.25, 0.3) is 0 Å². The first kappa shape index (κ1) is 25.0. The van der Waals surface area contributed by atoms with Crippen molar-refractivity contribution in [2.75, 3.05) is 19.7 Å². The van der Waals surface area contributed by atoms with E-state index in [1.54, 1.807) is 18.2 Å². The lowest BCUT2D eigenvalue weighted by Gasteiger charge is -2.34. The highest BCUT2D eigenvalue weighted by Crippen LogP contribution is 2.44. The number of piperidine rings is 1. The molecule has 0 spiro atoms. The van der Waals surface area contributed by atoms with Gasteiger partial charge in [-0.3, -0.25) is 9.69 Å². The Morgan fingerprint density at radius 1 is 1.21 bits per heavy atom. The van der Waals surface area contributed by atoms with Gasteiger partial charge in [-0.1, -0.05) is 12.1 Å². The molecule has 1 fully saturated rings. The van der Waals surface area contributed by atoms with E-state index in [2.05, 4.69) is 9.89 Å². The number of rotatable bonds is 6. The topological polar surface area (TPSA) is 80.6 Å². The number of alkyl halides is 3. The molecular weight excluding hydrogens is 501 g/mol. The second-order valence-electron chi connectivity index (χ2n) is 10.5. The molecule has 6 rings (SSSR count). The molecule has 4 atom stereocenters. The molecule has 4 aliphatic rings. The van der Waals surface area contributed by atoms with Crippen LogP contribution < -0.4 is 9.47 Å². The summed E-state index contributed by atoms with van der Waals surface area (Å²) < 4.78 is 59.9. The van der Waals surface area contributed by atoms with Gasteiger partial charge in [-0.15, -0.1) is 0 Å². The van der Waals surface area contributed by atoms with Crippen molar-refractivity contribution in [3.63, 3.8) is 0 Å². The first-order valence-electron chi connectivity index (χ1n) is 13.0. The highest BCUT2D eigenvalue weighted by atomic mass is 19.4. The van der Waals surface area contributed by atoms with Crippen LogP contribution in [0.15, 0.2) is 35.3 Å². The molecule has 0 bridgehead atoms. The van der Waals surface area contributed by atoms with Crippen LogP contribution in [0, 0.1) is 0 Å². The van der Waals surface area contributed by atoms with Crippen LogP contribution in [0.1, 0.15) is 66.0 Å². The SMILES string of the molecule is CC1=NC2CN(Cc3c(C(F)(F)F)ccc4c3CC[C@H]4Oc3ccc4c(c3)OC[C@H]4CC(=O)O)CCC2O1. The van der Waals surface area contributed by atoms with E-state index in [0.717, 1.165) is 17.5 Å². The number of likely N-dealkylation sites (tertiary alicyclic amines) is 1. The van der Waals surface area contributed by atoms with Crippen LogP contribution in [0.2, 0.25) is 0 Å². The lowest BCUT2D eigenvalue weighted by atomic mass is 9.94. The molecule has 202 valence electrons. The summed E-state index contributed by atoms with van der Waals surface area (Å²) in [5.41, 5.74) is 2.07. The van der Waals surface area contributed by atoms with E-state index in [1.165, 1.54) is 6.07 Å². The van der Waals surface area contributed by atoms with Crippen molar-refractivity contribution in [2.45, 2.75) is 69.5 Å². The summed E-state index contributed by atoms with van der Waals surface area (Å²) in [6.45, 7) is 3.55. The molecule has 1 N–H and O–H groups in total. The third-order valence-corrected chi connectivity index (χ3v) is 8.00. The molecule has 2 aromatic rings. The van der Waals surface area contributed by atoms with Crippen LogP contribution >= 0.6 is 0 Å². The maximum atomic E-state index is 14.1. The van der Waals surface area contributed by atoms with E-state index in [9.17, 15) is 18.0 Å². The van der Waals surface area contributed by atoms with Crippen molar-refractivity contribution < 1.29 is 37.3 Å². The van der Waals surface area contributed by atoms with Gasteiger partial charge < -0.3 is 19.3 Å². The average molecular weight is 531 g/mol. The molecule has 2 aromatic carbocycles. The third kappa shape index (κ3) is 4.70. The normalized spacial score (nSPS) is 26.2. The minimum atomic E-state index is -4.45. The monoisotopic (exact) mass is 530 g/mol. The molecule has 10 heteroatoms. The lowest BCUT2D eigenvalue weighted by molar-refractivity contribution is -0.139. The van der Waals surface area contributed by atoms with Gasteiger partial charge in [0.15, 0.2) is 5.90 Å². The number of hydrogen-bond donors (Lipinski definition) is 1. The number of carboxylic acids is 1. The molecule has 3 aliphatic heterocycles. The average Bonchev–Trinajstić information content (AvgIpc) is 3.54. The Labute approximate surface area is 218 Å². The minimum Gasteiger partial charge on any atom is -0.492 e. The molecule has 0 amide bonds. The molecule has 38 heavy (non-hydrogen) atoms. The van der Waals surface area contributed by atoms with E-state index < -0.39 is 17.7 Å². The molecule has 1 aliphatic carbocycles. The minimum absolute atomic E-state index is 0.00901. The zero-order chi connectivity index (χ0) is 26.6. The number of aliphatic carboxylic acids is 1. The van der Waals surface area contributed by atoms with Crippen molar-refractivity contribution in [3.8, 4) is 11.5 Å². The van der Waals surface area contributed by atoms with Gasteiger partial charge in [-0.2, -0.15) is 13.2 Å². The van der Waals surface area contributed by atoms with Crippen molar-refractivity contribution in [2.24, 2.45) is 4.99 Å². The largest absolute Gasteiger partial charge is 0.492 e. The highest BCUT2D eigenvalue weighted by molar-refractivity contribution is 5.75. The van der Waals surface area contributed by atoms with E-state index in [-0.39, 0.29) is 37.1 Å². The second-order valence-corrected chi connectivity index (χ2v) is 10.5. The van der Waals surface area contributed by atoms with Crippen molar-refractivity contribution in [1.82, 2.24) is 4.90 Å². The number of hydrogen-bond acceptors (Lipinski definition) is 6. The second kappa shape index (κ2) is 9.48. The summed E-state index contributed by atoms with van der Waals surface area (Å²) >= 11 is 0. The Kier molecular flexibility index (Phi) is 6.25. The third-order valence-electron chi connectivity index (χ3n) is 8.00. The predicted molar refractivity (Wildman–Crippen MR) is 132 cm³/mol. The number of carboxylic acid groups (broad SMARTS) is 1. The number of benzene rings is 2. The van der Waals surface area contributed by atoms with E-state index in [4.69, 9.17) is 19.3 Å². The number of fused-ring (bicyclic) bond motifs is 3. The predicted octanol–water partition coefficient (Wildman–Crippen LogP) is 5.11. The van der Waals surface area contributed by atoms with Gasteiger partial charge >= 0.3 is 12.1 Å². The number of aliphatic imine (C=N–C) groups is 1. The Morgan fingerprint density at radius 2 is 2.03 bits per heavy atom. The molecule has 0 radical (unpaired) electrons. The van der Waals surface area contributed by atoms with E-state index in [0.29, 0.717) is 61.1 Å². The maximum Gasteiger partial charge on any atom is 0.416 e. The van der Waals surface area contributed by atoms with Gasteiger partial charge in [-0.25, -0.2) is 4.99 Å². The Morgan fingerprint density at radius 3 is 2.82 bits per heavy atom. The lowest BCUT2D eigenvalue weighted by Crippen LogP contribution is -2.44. The summed E-state index contributed by atoms with van der Waals surface area (Å²) in [5.74, 6) is 0.704. The van der Waals surface area contributed by atoms with Crippen LogP contribution in [-0.2, 0) is 28.7 Å². The zero-order valence-corrected chi connectivity index (χ0v) is 21.0. The van der Waals surface area contributed by atoms with Crippen LogP contribution in [-0.4, -0.2) is 53.7 Å². The molecule has 0 saturated carbocycles. The summed E-state index contributed by atoms with van der Waals surface area (Å²) in [4.78, 5) is 17.7. The molecule has 2 unspecified atom stereocenters. The standard InChI is InChI=1S/C28H29F3N2O5/c1-15-32-23-13-33(9-8-25(23)37-15)12-21-19-5-7-24(20(19)4-6-22(21)28(29,30)31)38-17-2-3-18-16(10-27(34)35)14-36-26(18)11-17/h2-4,6,11,16,23-25H,5,7-10,12-14H2,1H3,(H,34,35)/t16-,23?,24-,25?/m1/s1. The highest BCUT2D eigenvalue weighted by Gasteiger charge is 2.40. The number of ether oxygens (including phenoxy) is 3. The van der Waals surface area contributed by atoms with Crippen molar-refractivity contribution >= 4 is 11.9 Å². The fourth-order valence-electron chi connectivity index (χ4n) is 6.27. The maximum absolute atomic E-state index is 14.1.